The van der Waals surface area contributed by atoms with E-state index in [2.05, 4.69) is 27.9 Å². The Morgan fingerprint density at radius 3 is 2.74 bits per heavy atom. The number of aryl methyl sites for hydroxylation is 1. The summed E-state index contributed by atoms with van der Waals surface area (Å²) in [6.07, 6.45) is 1.31. The van der Waals surface area contributed by atoms with Gasteiger partial charge >= 0.3 is 0 Å². The number of hydrogen-bond acceptors (Lipinski definition) is 3. The number of nitrogens with zero attached hydrogens (tertiary/aromatic N) is 2. The van der Waals surface area contributed by atoms with Crippen LogP contribution in [-0.4, -0.2) is 15.4 Å². The van der Waals surface area contributed by atoms with E-state index < -0.39 is 4.92 Å². The van der Waals surface area contributed by atoms with E-state index in [9.17, 15) is 14.9 Å². The summed E-state index contributed by atoms with van der Waals surface area (Å²) >= 11 is 2.14. The van der Waals surface area contributed by atoms with Gasteiger partial charge in [0.05, 0.1) is 11.1 Å². The monoisotopic (exact) mass is 371 g/mol. The van der Waals surface area contributed by atoms with Crippen LogP contribution in [0.3, 0.4) is 0 Å². The lowest BCUT2D eigenvalue weighted by molar-refractivity contribution is -0.384. The maximum atomic E-state index is 12.0. The van der Waals surface area contributed by atoms with Crippen LogP contribution in [0.4, 0.5) is 11.4 Å². The van der Waals surface area contributed by atoms with Crippen LogP contribution in [0, 0.1) is 13.7 Å². The molecule has 19 heavy (non-hydrogen) atoms. The lowest BCUT2D eigenvalue weighted by atomic mass is 10.3. The normalized spacial score (nSPS) is 10.2. The predicted octanol–water partition coefficient (Wildman–Crippen LogP) is 2.79. The number of carbonyl (C=O) groups is 1. The highest BCUT2D eigenvalue weighted by molar-refractivity contribution is 14.1. The number of anilines is 1. The van der Waals surface area contributed by atoms with Gasteiger partial charge in [-0.15, -0.1) is 0 Å². The zero-order valence-corrected chi connectivity index (χ0v) is 12.1. The molecule has 0 aliphatic heterocycles. The van der Waals surface area contributed by atoms with Crippen LogP contribution in [0.2, 0.25) is 0 Å². The second-order valence-electron chi connectivity index (χ2n) is 3.92. The number of halogens is 1. The van der Waals surface area contributed by atoms with E-state index in [1.807, 2.05) is 18.2 Å². The molecule has 7 heteroatoms. The predicted molar refractivity (Wildman–Crippen MR) is 79.2 cm³/mol. The van der Waals surface area contributed by atoms with Gasteiger partial charge in [0, 0.05) is 22.4 Å². The van der Waals surface area contributed by atoms with E-state index in [1.54, 1.807) is 13.1 Å². The van der Waals surface area contributed by atoms with Crippen LogP contribution in [-0.2, 0) is 7.05 Å². The Hall–Kier alpha value is -1.90. The molecule has 1 aromatic carbocycles. The molecule has 98 valence electrons. The van der Waals surface area contributed by atoms with E-state index in [4.69, 9.17) is 0 Å². The summed E-state index contributed by atoms with van der Waals surface area (Å²) in [6, 6.07) is 8.56. The zero-order chi connectivity index (χ0) is 14.0. The Labute approximate surface area is 122 Å². The maximum Gasteiger partial charge on any atom is 0.287 e. The van der Waals surface area contributed by atoms with Gasteiger partial charge in [0.1, 0.15) is 5.69 Å². The number of amides is 1. The van der Waals surface area contributed by atoms with Crippen LogP contribution >= 0.6 is 22.6 Å². The number of carbonyl (C=O) groups excluding carboxylic acids is 1. The highest BCUT2D eigenvalue weighted by Gasteiger charge is 2.17. The van der Waals surface area contributed by atoms with Crippen LogP contribution in [0.25, 0.3) is 0 Å². The summed E-state index contributed by atoms with van der Waals surface area (Å²) in [5.74, 6) is -0.377. The van der Waals surface area contributed by atoms with Crippen LogP contribution < -0.4 is 5.32 Å². The molecule has 1 amide bonds. The third-order valence-corrected chi connectivity index (χ3v) is 3.19. The fourth-order valence-corrected chi connectivity index (χ4v) is 2.18. The Bertz CT molecular complexity index is 651. The third kappa shape index (κ3) is 3.11. The van der Waals surface area contributed by atoms with Gasteiger partial charge in [-0.1, -0.05) is 6.07 Å². The Morgan fingerprint density at radius 2 is 2.16 bits per heavy atom. The van der Waals surface area contributed by atoms with Crippen molar-refractivity contribution in [2.24, 2.45) is 7.05 Å². The van der Waals surface area contributed by atoms with Crippen molar-refractivity contribution in [1.82, 2.24) is 4.57 Å². The minimum absolute atomic E-state index is 0.102. The average molecular weight is 371 g/mol. The maximum absolute atomic E-state index is 12.0. The Kier molecular flexibility index (Phi) is 3.84. The van der Waals surface area contributed by atoms with Crippen LogP contribution in [0.15, 0.2) is 36.5 Å². The van der Waals surface area contributed by atoms with Gasteiger partial charge in [-0.25, -0.2) is 0 Å². The molecule has 0 atom stereocenters. The third-order valence-electron chi connectivity index (χ3n) is 2.52. The average Bonchev–Trinajstić information content (AvgIpc) is 2.71. The highest BCUT2D eigenvalue weighted by Crippen LogP contribution is 2.18. The van der Waals surface area contributed by atoms with Crippen LogP contribution in [0.1, 0.15) is 10.5 Å². The van der Waals surface area contributed by atoms with Crippen molar-refractivity contribution in [1.29, 1.82) is 0 Å². The SMILES string of the molecule is Cn1cc([N+](=O)[O-])cc1C(=O)Nc1cccc(I)c1. The molecule has 0 unspecified atom stereocenters. The molecule has 0 aliphatic rings. The summed E-state index contributed by atoms with van der Waals surface area (Å²) < 4.78 is 2.43. The lowest BCUT2D eigenvalue weighted by Crippen LogP contribution is -2.15. The topological polar surface area (TPSA) is 77.2 Å². The second kappa shape index (κ2) is 5.39. The highest BCUT2D eigenvalue weighted by atomic mass is 127. The number of nitrogens with one attached hydrogen (secondary N) is 1. The molecule has 6 nitrogen and oxygen atoms in total. The number of aromatic nitrogens is 1. The van der Waals surface area contributed by atoms with Crippen molar-refractivity contribution >= 4 is 39.9 Å². The molecule has 0 saturated heterocycles. The minimum atomic E-state index is -0.526. The molecule has 2 aromatic rings. The number of rotatable bonds is 3. The summed E-state index contributed by atoms with van der Waals surface area (Å²) in [6.45, 7) is 0. The first-order chi connectivity index (χ1) is 8.97. The molecule has 0 radical (unpaired) electrons. The fourth-order valence-electron chi connectivity index (χ4n) is 1.63. The lowest BCUT2D eigenvalue weighted by Gasteiger charge is -2.05. The Morgan fingerprint density at radius 1 is 1.42 bits per heavy atom. The molecular weight excluding hydrogens is 361 g/mol. The van der Waals surface area contributed by atoms with E-state index in [1.165, 1.54) is 16.8 Å². The van der Waals surface area contributed by atoms with E-state index >= 15 is 0 Å². The largest absolute Gasteiger partial charge is 0.340 e. The quantitative estimate of drug-likeness (QED) is 0.512. The number of hydrogen-bond donors (Lipinski definition) is 1. The summed E-state index contributed by atoms with van der Waals surface area (Å²) in [5.41, 5.74) is 0.793. The van der Waals surface area contributed by atoms with Crippen molar-refractivity contribution in [2.45, 2.75) is 0 Å². The zero-order valence-electron chi connectivity index (χ0n) is 9.96. The number of nitro groups is 1. The van der Waals surface area contributed by atoms with Gasteiger partial charge in [-0.05, 0) is 40.8 Å². The van der Waals surface area contributed by atoms with Crippen LogP contribution in [0.5, 0.6) is 0 Å². The molecule has 0 fully saturated rings. The van der Waals surface area contributed by atoms with Gasteiger partial charge < -0.3 is 9.88 Å². The molecule has 2 rings (SSSR count). The fraction of sp³-hybridized carbons (Fsp3) is 0.0833. The summed E-state index contributed by atoms with van der Waals surface area (Å²) in [7, 11) is 1.59. The van der Waals surface area contributed by atoms with Crippen molar-refractivity contribution < 1.29 is 9.72 Å². The van der Waals surface area contributed by atoms with Crippen molar-refractivity contribution in [3.63, 3.8) is 0 Å². The van der Waals surface area contributed by atoms with Gasteiger partial charge in [0.2, 0.25) is 0 Å². The first-order valence-electron chi connectivity index (χ1n) is 5.35. The summed E-state index contributed by atoms with van der Waals surface area (Å²) in [5, 5.41) is 13.4. The second-order valence-corrected chi connectivity index (χ2v) is 5.16. The van der Waals surface area contributed by atoms with Gasteiger partial charge in [0.15, 0.2) is 0 Å². The molecule has 1 N–H and O–H groups in total. The van der Waals surface area contributed by atoms with Gasteiger partial charge in [-0.3, -0.25) is 14.9 Å². The number of benzene rings is 1. The van der Waals surface area contributed by atoms with Crippen molar-refractivity contribution in [3.05, 3.63) is 55.9 Å². The standard InChI is InChI=1S/C12H10IN3O3/c1-15-7-10(16(18)19)6-11(15)12(17)14-9-4-2-3-8(13)5-9/h2-7H,1H3,(H,14,17). The van der Waals surface area contributed by atoms with E-state index in [0.717, 1.165) is 3.57 Å². The smallest absolute Gasteiger partial charge is 0.287 e. The van der Waals surface area contributed by atoms with Gasteiger partial charge in [0.25, 0.3) is 11.6 Å². The molecule has 0 spiro atoms. The molecule has 0 saturated carbocycles. The van der Waals surface area contributed by atoms with E-state index in [-0.39, 0.29) is 17.3 Å². The first kappa shape index (κ1) is 13.5. The molecule has 0 bridgehead atoms. The van der Waals surface area contributed by atoms with E-state index in [0.29, 0.717) is 5.69 Å². The summed E-state index contributed by atoms with van der Waals surface area (Å²) in [4.78, 5) is 22.2. The van der Waals surface area contributed by atoms with Gasteiger partial charge in [-0.2, -0.15) is 0 Å². The van der Waals surface area contributed by atoms with Crippen molar-refractivity contribution in [3.8, 4) is 0 Å². The molecule has 1 aromatic heterocycles. The molecular formula is C12H10IN3O3. The first-order valence-corrected chi connectivity index (χ1v) is 6.43. The molecule has 1 heterocycles. The molecule has 0 aliphatic carbocycles. The minimum Gasteiger partial charge on any atom is -0.340 e. The van der Waals surface area contributed by atoms with Crippen molar-refractivity contribution in [2.75, 3.05) is 5.32 Å². The Balaban J connectivity index is 2.23.